The van der Waals surface area contributed by atoms with Gasteiger partial charge in [0.25, 0.3) is 0 Å². The van der Waals surface area contributed by atoms with Gasteiger partial charge in [-0.2, -0.15) is 0 Å². The van der Waals surface area contributed by atoms with E-state index in [0.29, 0.717) is 0 Å². The number of hydrogen-bond donors (Lipinski definition) is 0. The third-order valence-electron chi connectivity index (χ3n) is 2.69. The highest BCUT2D eigenvalue weighted by Crippen LogP contribution is 2.18. The van der Waals surface area contributed by atoms with Gasteiger partial charge in [-0.1, -0.05) is 6.07 Å². The monoisotopic (exact) mass is 245 g/mol. The number of rotatable bonds is 4. The van der Waals surface area contributed by atoms with E-state index in [1.54, 1.807) is 18.3 Å². The second-order valence-corrected chi connectivity index (χ2v) is 5.07. The zero-order chi connectivity index (χ0) is 12.3. The first-order chi connectivity index (χ1) is 8.16. The van der Waals surface area contributed by atoms with E-state index in [1.807, 2.05) is 24.3 Å². The van der Waals surface area contributed by atoms with Crippen molar-refractivity contribution in [1.82, 2.24) is 0 Å². The van der Waals surface area contributed by atoms with E-state index in [4.69, 9.17) is 0 Å². The van der Waals surface area contributed by atoms with Crippen molar-refractivity contribution in [2.75, 3.05) is 11.9 Å². The minimum atomic E-state index is 0.109. The molecule has 0 aliphatic carbocycles. The summed E-state index contributed by atoms with van der Waals surface area (Å²) < 4.78 is 0. The van der Waals surface area contributed by atoms with Gasteiger partial charge in [-0.15, -0.1) is 11.3 Å². The predicted octanol–water partition coefficient (Wildman–Crippen LogP) is 3.59. The van der Waals surface area contributed by atoms with E-state index in [1.165, 1.54) is 4.88 Å². The fourth-order valence-electron chi connectivity index (χ4n) is 1.68. The molecule has 0 aliphatic rings. The van der Waals surface area contributed by atoms with Gasteiger partial charge in [0.05, 0.1) is 6.54 Å². The molecule has 88 valence electrons. The Labute approximate surface area is 106 Å². The Bertz CT molecular complexity index is 487. The molecule has 1 aromatic carbocycles. The molecule has 1 heterocycles. The molecular formula is C14H15NOS. The van der Waals surface area contributed by atoms with Crippen molar-refractivity contribution < 1.29 is 4.79 Å². The van der Waals surface area contributed by atoms with E-state index in [0.717, 1.165) is 17.8 Å². The molecule has 0 fully saturated rings. The van der Waals surface area contributed by atoms with E-state index in [-0.39, 0.29) is 5.78 Å². The quantitative estimate of drug-likeness (QED) is 0.767. The molecule has 17 heavy (non-hydrogen) atoms. The largest absolute Gasteiger partial charge is 0.369 e. The molecule has 0 N–H and O–H groups in total. The number of hydrogen-bond acceptors (Lipinski definition) is 3. The zero-order valence-corrected chi connectivity index (χ0v) is 10.8. The van der Waals surface area contributed by atoms with Crippen molar-refractivity contribution >= 4 is 22.8 Å². The van der Waals surface area contributed by atoms with Crippen molar-refractivity contribution in [3.05, 3.63) is 52.2 Å². The molecule has 0 atom stereocenters. The standard InChI is InChI=1S/C14H15NOS/c1-11(16)12-5-7-13(8-6-12)15(2)10-14-4-3-9-17-14/h3-9H,10H2,1-2H3. The molecule has 0 unspecified atom stereocenters. The van der Waals surface area contributed by atoms with E-state index in [2.05, 4.69) is 29.5 Å². The van der Waals surface area contributed by atoms with Gasteiger partial charge in [-0.25, -0.2) is 0 Å². The lowest BCUT2D eigenvalue weighted by atomic mass is 10.1. The van der Waals surface area contributed by atoms with Gasteiger partial charge in [0, 0.05) is 23.2 Å². The summed E-state index contributed by atoms with van der Waals surface area (Å²) >= 11 is 1.76. The first-order valence-electron chi connectivity index (χ1n) is 5.51. The maximum Gasteiger partial charge on any atom is 0.159 e. The second kappa shape index (κ2) is 5.15. The van der Waals surface area contributed by atoms with Crippen LogP contribution in [-0.2, 0) is 6.54 Å². The molecule has 0 spiro atoms. The lowest BCUT2D eigenvalue weighted by Crippen LogP contribution is -2.15. The van der Waals surface area contributed by atoms with Gasteiger partial charge in [-0.05, 0) is 42.6 Å². The number of ketones is 1. The zero-order valence-electron chi connectivity index (χ0n) is 10.0. The number of Topliss-reactive ketones (excluding diaryl/α,β-unsaturated/α-hetero) is 1. The van der Waals surface area contributed by atoms with E-state index < -0.39 is 0 Å². The summed E-state index contributed by atoms with van der Waals surface area (Å²) in [6.45, 7) is 2.49. The molecule has 0 aliphatic heterocycles. The summed E-state index contributed by atoms with van der Waals surface area (Å²) in [4.78, 5) is 14.7. The number of anilines is 1. The summed E-state index contributed by atoms with van der Waals surface area (Å²) in [7, 11) is 2.06. The van der Waals surface area contributed by atoms with Crippen molar-refractivity contribution in [3.63, 3.8) is 0 Å². The molecule has 0 radical (unpaired) electrons. The van der Waals surface area contributed by atoms with Crippen LogP contribution in [0.25, 0.3) is 0 Å². The van der Waals surface area contributed by atoms with Crippen LogP contribution in [0.15, 0.2) is 41.8 Å². The predicted molar refractivity (Wildman–Crippen MR) is 72.9 cm³/mol. The summed E-state index contributed by atoms with van der Waals surface area (Å²) in [5, 5.41) is 2.09. The van der Waals surface area contributed by atoms with Gasteiger partial charge in [0.15, 0.2) is 5.78 Å². The van der Waals surface area contributed by atoms with E-state index in [9.17, 15) is 4.79 Å². The first kappa shape index (κ1) is 11.9. The van der Waals surface area contributed by atoms with Crippen LogP contribution >= 0.6 is 11.3 Å². The van der Waals surface area contributed by atoms with Crippen LogP contribution in [0.2, 0.25) is 0 Å². The molecule has 1 aromatic heterocycles. The molecule has 0 amide bonds. The molecular weight excluding hydrogens is 230 g/mol. The van der Waals surface area contributed by atoms with Gasteiger partial charge < -0.3 is 4.90 Å². The second-order valence-electron chi connectivity index (χ2n) is 4.04. The van der Waals surface area contributed by atoms with E-state index >= 15 is 0 Å². The molecule has 3 heteroatoms. The third kappa shape index (κ3) is 2.94. The van der Waals surface area contributed by atoms with Gasteiger partial charge >= 0.3 is 0 Å². The highest BCUT2D eigenvalue weighted by molar-refractivity contribution is 7.09. The highest BCUT2D eigenvalue weighted by Gasteiger charge is 2.04. The van der Waals surface area contributed by atoms with Gasteiger partial charge in [0.2, 0.25) is 0 Å². The summed E-state index contributed by atoms with van der Waals surface area (Å²) in [6.07, 6.45) is 0. The molecule has 0 saturated carbocycles. The number of carbonyl (C=O) groups is 1. The van der Waals surface area contributed by atoms with Crippen LogP contribution in [0.5, 0.6) is 0 Å². The molecule has 0 bridgehead atoms. The molecule has 2 nitrogen and oxygen atoms in total. The molecule has 0 saturated heterocycles. The number of thiophene rings is 1. The topological polar surface area (TPSA) is 20.3 Å². The Hall–Kier alpha value is -1.61. The fourth-order valence-corrected chi connectivity index (χ4v) is 2.44. The number of nitrogens with zero attached hydrogens (tertiary/aromatic N) is 1. The Morgan fingerprint density at radius 2 is 1.94 bits per heavy atom. The van der Waals surface area contributed by atoms with Gasteiger partial charge in [0.1, 0.15) is 0 Å². The molecule has 2 rings (SSSR count). The lowest BCUT2D eigenvalue weighted by Gasteiger charge is -2.18. The SMILES string of the molecule is CC(=O)c1ccc(N(C)Cc2cccs2)cc1. The van der Waals surface area contributed by atoms with Crippen LogP contribution in [-0.4, -0.2) is 12.8 Å². The Morgan fingerprint density at radius 3 is 2.47 bits per heavy atom. The van der Waals surface area contributed by atoms with Crippen molar-refractivity contribution in [2.45, 2.75) is 13.5 Å². The highest BCUT2D eigenvalue weighted by atomic mass is 32.1. The Morgan fingerprint density at radius 1 is 1.24 bits per heavy atom. The van der Waals surface area contributed by atoms with Crippen LogP contribution in [0.1, 0.15) is 22.2 Å². The van der Waals surface area contributed by atoms with Crippen LogP contribution < -0.4 is 4.90 Å². The van der Waals surface area contributed by atoms with Crippen LogP contribution in [0.3, 0.4) is 0 Å². The fraction of sp³-hybridized carbons (Fsp3) is 0.214. The van der Waals surface area contributed by atoms with Crippen molar-refractivity contribution in [1.29, 1.82) is 0 Å². The summed E-state index contributed by atoms with van der Waals surface area (Å²) in [6, 6.07) is 11.9. The third-order valence-corrected chi connectivity index (χ3v) is 3.55. The lowest BCUT2D eigenvalue weighted by molar-refractivity contribution is 0.101. The van der Waals surface area contributed by atoms with Crippen molar-refractivity contribution in [3.8, 4) is 0 Å². The molecule has 2 aromatic rings. The summed E-state index contributed by atoms with van der Waals surface area (Å²) in [5.41, 5.74) is 1.89. The smallest absolute Gasteiger partial charge is 0.159 e. The normalized spacial score (nSPS) is 10.2. The van der Waals surface area contributed by atoms with Crippen LogP contribution in [0, 0.1) is 0 Å². The average molecular weight is 245 g/mol. The number of carbonyl (C=O) groups excluding carboxylic acids is 1. The average Bonchev–Trinajstić information content (AvgIpc) is 2.82. The minimum absolute atomic E-state index is 0.109. The maximum atomic E-state index is 11.2. The minimum Gasteiger partial charge on any atom is -0.369 e. The van der Waals surface area contributed by atoms with Crippen molar-refractivity contribution in [2.24, 2.45) is 0 Å². The number of benzene rings is 1. The summed E-state index contributed by atoms with van der Waals surface area (Å²) in [5.74, 6) is 0.109. The Balaban J connectivity index is 2.09. The Kier molecular flexibility index (Phi) is 3.59. The van der Waals surface area contributed by atoms with Gasteiger partial charge in [-0.3, -0.25) is 4.79 Å². The van der Waals surface area contributed by atoms with Crippen LogP contribution in [0.4, 0.5) is 5.69 Å². The first-order valence-corrected chi connectivity index (χ1v) is 6.39. The maximum absolute atomic E-state index is 11.2.